The Balaban J connectivity index is 1.29. The molecule has 1 aliphatic heterocycles. The number of carbonyl (C=O) groups is 1. The number of amides is 1. The average Bonchev–Trinajstić information content (AvgIpc) is 3.39. The van der Waals surface area contributed by atoms with E-state index in [0.717, 1.165) is 31.7 Å². The Labute approximate surface area is 155 Å². The minimum absolute atomic E-state index is 0.00476. The van der Waals surface area contributed by atoms with E-state index < -0.39 is 0 Å². The molecule has 9 nitrogen and oxygen atoms in total. The third kappa shape index (κ3) is 4.37. The van der Waals surface area contributed by atoms with Crippen LogP contribution in [0.15, 0.2) is 45.8 Å². The highest BCUT2D eigenvalue weighted by Gasteiger charge is 2.26. The summed E-state index contributed by atoms with van der Waals surface area (Å²) in [4.78, 5) is 27.1. The van der Waals surface area contributed by atoms with Gasteiger partial charge in [-0.05, 0) is 37.6 Å². The molecule has 1 amide bonds. The van der Waals surface area contributed by atoms with Crippen molar-refractivity contribution in [1.29, 1.82) is 0 Å². The number of nitrogens with one attached hydrogen (secondary N) is 1. The van der Waals surface area contributed by atoms with E-state index >= 15 is 0 Å². The fourth-order valence-corrected chi connectivity index (χ4v) is 3.18. The monoisotopic (exact) mass is 368 g/mol. The SMILES string of the molecule is O=C(NCc1nc(-c2ncccn2)no1)C1CCCN(Cc2ccco2)C1. The highest BCUT2D eigenvalue weighted by atomic mass is 16.5. The Hall–Kier alpha value is -3.07. The van der Waals surface area contributed by atoms with Crippen LogP contribution in [0.25, 0.3) is 11.6 Å². The molecule has 4 heterocycles. The first-order chi connectivity index (χ1) is 13.3. The summed E-state index contributed by atoms with van der Waals surface area (Å²) in [6, 6.07) is 5.54. The number of rotatable bonds is 6. The fraction of sp³-hybridized carbons (Fsp3) is 0.389. The Morgan fingerprint density at radius 3 is 2.96 bits per heavy atom. The molecule has 1 N–H and O–H groups in total. The molecule has 3 aromatic rings. The predicted octanol–water partition coefficient (Wildman–Crippen LogP) is 1.65. The van der Waals surface area contributed by atoms with Crippen LogP contribution < -0.4 is 5.32 Å². The van der Waals surface area contributed by atoms with E-state index in [9.17, 15) is 4.79 Å². The molecule has 0 spiro atoms. The lowest BCUT2D eigenvalue weighted by atomic mass is 9.97. The van der Waals surface area contributed by atoms with Crippen LogP contribution in [-0.2, 0) is 17.9 Å². The second-order valence-corrected chi connectivity index (χ2v) is 6.46. The van der Waals surface area contributed by atoms with Crippen LogP contribution in [0.1, 0.15) is 24.5 Å². The van der Waals surface area contributed by atoms with Gasteiger partial charge in [0.2, 0.25) is 23.4 Å². The number of nitrogens with zero attached hydrogens (tertiary/aromatic N) is 5. The van der Waals surface area contributed by atoms with Crippen molar-refractivity contribution in [1.82, 2.24) is 30.3 Å². The lowest BCUT2D eigenvalue weighted by Crippen LogP contribution is -2.42. The van der Waals surface area contributed by atoms with Crippen molar-refractivity contribution in [2.24, 2.45) is 5.92 Å². The largest absolute Gasteiger partial charge is 0.468 e. The standard InChI is InChI=1S/C18H20N6O3/c25-18(13-4-1-8-24(11-13)12-14-5-2-9-26-14)21-10-15-22-17(23-27-15)16-19-6-3-7-20-16/h2-3,5-7,9,13H,1,4,8,10-12H2,(H,21,25). The molecule has 0 aromatic carbocycles. The van der Waals surface area contributed by atoms with Gasteiger partial charge in [0.15, 0.2) is 0 Å². The van der Waals surface area contributed by atoms with E-state index in [1.807, 2.05) is 12.1 Å². The normalized spacial score (nSPS) is 17.7. The van der Waals surface area contributed by atoms with Gasteiger partial charge in [-0.15, -0.1) is 0 Å². The number of hydrogen-bond donors (Lipinski definition) is 1. The van der Waals surface area contributed by atoms with Gasteiger partial charge >= 0.3 is 0 Å². The number of aromatic nitrogens is 4. The minimum Gasteiger partial charge on any atom is -0.468 e. The van der Waals surface area contributed by atoms with E-state index in [0.29, 0.717) is 24.1 Å². The second kappa shape index (κ2) is 8.09. The summed E-state index contributed by atoms with van der Waals surface area (Å²) in [5.74, 6) is 1.87. The first kappa shape index (κ1) is 17.3. The molecule has 0 bridgehead atoms. The van der Waals surface area contributed by atoms with Crippen LogP contribution in [-0.4, -0.2) is 44.0 Å². The number of carbonyl (C=O) groups excluding carboxylic acids is 1. The van der Waals surface area contributed by atoms with Gasteiger partial charge in [-0.1, -0.05) is 5.16 Å². The van der Waals surface area contributed by atoms with E-state index in [1.165, 1.54) is 0 Å². The second-order valence-electron chi connectivity index (χ2n) is 6.46. The zero-order chi connectivity index (χ0) is 18.5. The molecule has 0 aliphatic carbocycles. The van der Waals surface area contributed by atoms with Gasteiger partial charge in [0.05, 0.1) is 25.3 Å². The van der Waals surface area contributed by atoms with Crippen LogP contribution in [0.2, 0.25) is 0 Å². The summed E-state index contributed by atoms with van der Waals surface area (Å²) in [6.45, 7) is 2.59. The van der Waals surface area contributed by atoms with Crippen LogP contribution >= 0.6 is 0 Å². The fourth-order valence-electron chi connectivity index (χ4n) is 3.18. The Morgan fingerprint density at radius 2 is 2.15 bits per heavy atom. The maximum Gasteiger partial charge on any atom is 0.246 e. The first-order valence-corrected chi connectivity index (χ1v) is 8.90. The molecule has 3 aromatic heterocycles. The van der Waals surface area contributed by atoms with Crippen molar-refractivity contribution in [2.45, 2.75) is 25.9 Å². The molecule has 1 saturated heterocycles. The van der Waals surface area contributed by atoms with Crippen molar-refractivity contribution in [3.05, 3.63) is 48.5 Å². The van der Waals surface area contributed by atoms with Crippen molar-refractivity contribution >= 4 is 5.91 Å². The molecule has 1 atom stereocenters. The zero-order valence-electron chi connectivity index (χ0n) is 14.7. The molecule has 9 heteroatoms. The summed E-state index contributed by atoms with van der Waals surface area (Å²) in [5, 5.41) is 6.74. The summed E-state index contributed by atoms with van der Waals surface area (Å²) in [5.41, 5.74) is 0. The molecule has 4 rings (SSSR count). The molecule has 0 radical (unpaired) electrons. The third-order valence-electron chi connectivity index (χ3n) is 4.48. The maximum atomic E-state index is 12.5. The van der Waals surface area contributed by atoms with E-state index in [4.69, 9.17) is 8.94 Å². The van der Waals surface area contributed by atoms with Gasteiger partial charge < -0.3 is 14.3 Å². The molecular formula is C18H20N6O3. The lowest BCUT2D eigenvalue weighted by Gasteiger charge is -2.31. The summed E-state index contributed by atoms with van der Waals surface area (Å²) >= 11 is 0. The smallest absolute Gasteiger partial charge is 0.246 e. The number of hydrogen-bond acceptors (Lipinski definition) is 8. The van der Waals surface area contributed by atoms with Crippen molar-refractivity contribution in [3.63, 3.8) is 0 Å². The molecule has 27 heavy (non-hydrogen) atoms. The van der Waals surface area contributed by atoms with Crippen LogP contribution in [0, 0.1) is 5.92 Å². The van der Waals surface area contributed by atoms with Gasteiger partial charge in [-0.25, -0.2) is 9.97 Å². The molecular weight excluding hydrogens is 348 g/mol. The lowest BCUT2D eigenvalue weighted by molar-refractivity contribution is -0.127. The highest BCUT2D eigenvalue weighted by Crippen LogP contribution is 2.19. The van der Waals surface area contributed by atoms with Crippen LogP contribution in [0.3, 0.4) is 0 Å². The zero-order valence-corrected chi connectivity index (χ0v) is 14.7. The van der Waals surface area contributed by atoms with Crippen molar-refractivity contribution in [2.75, 3.05) is 13.1 Å². The third-order valence-corrected chi connectivity index (χ3v) is 4.48. The summed E-state index contributed by atoms with van der Waals surface area (Å²) in [6.07, 6.45) is 6.74. The Bertz CT molecular complexity index is 864. The van der Waals surface area contributed by atoms with Gasteiger partial charge in [-0.3, -0.25) is 9.69 Å². The Morgan fingerprint density at radius 1 is 1.26 bits per heavy atom. The van der Waals surface area contributed by atoms with Crippen LogP contribution in [0.5, 0.6) is 0 Å². The van der Waals surface area contributed by atoms with E-state index in [-0.39, 0.29) is 18.4 Å². The van der Waals surface area contributed by atoms with Gasteiger partial charge in [0.1, 0.15) is 5.76 Å². The van der Waals surface area contributed by atoms with Gasteiger partial charge in [0, 0.05) is 18.9 Å². The topological polar surface area (TPSA) is 110 Å². The Kier molecular flexibility index (Phi) is 5.20. The molecule has 1 fully saturated rings. The predicted molar refractivity (Wildman–Crippen MR) is 93.9 cm³/mol. The summed E-state index contributed by atoms with van der Waals surface area (Å²) < 4.78 is 10.6. The van der Waals surface area contributed by atoms with Crippen molar-refractivity contribution in [3.8, 4) is 11.6 Å². The van der Waals surface area contributed by atoms with Gasteiger partial charge in [-0.2, -0.15) is 4.98 Å². The summed E-state index contributed by atoms with van der Waals surface area (Å²) in [7, 11) is 0. The number of likely N-dealkylation sites (tertiary alicyclic amines) is 1. The minimum atomic E-state index is -0.0615. The molecule has 140 valence electrons. The van der Waals surface area contributed by atoms with Gasteiger partial charge in [0.25, 0.3) is 0 Å². The van der Waals surface area contributed by atoms with E-state index in [2.05, 4.69) is 30.3 Å². The van der Waals surface area contributed by atoms with Crippen LogP contribution in [0.4, 0.5) is 0 Å². The van der Waals surface area contributed by atoms with E-state index in [1.54, 1.807) is 24.7 Å². The quantitative estimate of drug-likeness (QED) is 0.699. The number of furan rings is 1. The maximum absolute atomic E-state index is 12.5. The van der Waals surface area contributed by atoms with Crippen molar-refractivity contribution < 1.29 is 13.7 Å². The molecule has 1 aliphatic rings. The average molecular weight is 368 g/mol. The highest BCUT2D eigenvalue weighted by molar-refractivity contribution is 5.78. The number of piperidine rings is 1. The first-order valence-electron chi connectivity index (χ1n) is 8.90. The molecule has 0 saturated carbocycles. The molecule has 1 unspecified atom stereocenters.